The second-order valence-corrected chi connectivity index (χ2v) is 6.18. The van der Waals surface area contributed by atoms with Crippen molar-refractivity contribution in [3.8, 4) is 18.1 Å². The van der Waals surface area contributed by atoms with Crippen molar-refractivity contribution in [1.82, 2.24) is 5.32 Å². The number of hydrogen-bond acceptors (Lipinski definition) is 3. The minimum Gasteiger partial charge on any atom is -0.497 e. The molecule has 0 saturated carbocycles. The molecule has 0 aliphatic heterocycles. The monoisotopic (exact) mass is 404 g/mol. The van der Waals surface area contributed by atoms with E-state index in [4.69, 9.17) is 34.4 Å². The molecule has 2 aromatic carbocycles. The van der Waals surface area contributed by atoms with E-state index in [9.17, 15) is 9.59 Å². The van der Waals surface area contributed by atoms with Crippen LogP contribution in [0.25, 0.3) is 0 Å². The van der Waals surface area contributed by atoms with E-state index < -0.39 is 17.9 Å². The number of benzene rings is 2. The van der Waals surface area contributed by atoms with E-state index in [-0.39, 0.29) is 12.4 Å². The van der Waals surface area contributed by atoms with Crippen molar-refractivity contribution >= 4 is 40.7 Å². The fourth-order valence-corrected chi connectivity index (χ4v) is 2.80. The maximum Gasteiger partial charge on any atom is 0.248 e. The topological polar surface area (TPSA) is 58.6 Å². The first kappa shape index (κ1) is 20.6. The van der Waals surface area contributed by atoms with Gasteiger partial charge in [0.1, 0.15) is 17.7 Å². The largest absolute Gasteiger partial charge is 0.497 e. The number of carbonyl (C=O) groups is 2. The SMILES string of the molecule is C#CCNC(=O)C(c1ccc(OC)cc1)N(C(=O)CCl)c1ccc(Cl)cc1. The van der Waals surface area contributed by atoms with Gasteiger partial charge in [0.15, 0.2) is 0 Å². The number of methoxy groups -OCH3 is 1. The fourth-order valence-electron chi connectivity index (χ4n) is 2.54. The lowest BCUT2D eigenvalue weighted by atomic mass is 10.0. The van der Waals surface area contributed by atoms with Crippen LogP contribution in [0.4, 0.5) is 5.69 Å². The lowest BCUT2D eigenvalue weighted by Gasteiger charge is -2.31. The summed E-state index contributed by atoms with van der Waals surface area (Å²) >= 11 is 11.8. The summed E-state index contributed by atoms with van der Waals surface area (Å²) in [6.45, 7) is 0.0367. The van der Waals surface area contributed by atoms with Crippen molar-refractivity contribution in [2.75, 3.05) is 24.4 Å². The third kappa shape index (κ3) is 5.16. The average molecular weight is 405 g/mol. The number of terminal acetylenes is 1. The van der Waals surface area contributed by atoms with Crippen LogP contribution in [0.2, 0.25) is 5.02 Å². The van der Waals surface area contributed by atoms with Crippen LogP contribution in [0.15, 0.2) is 48.5 Å². The van der Waals surface area contributed by atoms with Crippen LogP contribution >= 0.6 is 23.2 Å². The van der Waals surface area contributed by atoms with Crippen molar-refractivity contribution in [2.24, 2.45) is 0 Å². The molecule has 0 aliphatic rings. The van der Waals surface area contributed by atoms with Gasteiger partial charge >= 0.3 is 0 Å². The molecule has 1 atom stereocenters. The van der Waals surface area contributed by atoms with Gasteiger partial charge in [-0.15, -0.1) is 18.0 Å². The Morgan fingerprint density at radius 3 is 2.33 bits per heavy atom. The summed E-state index contributed by atoms with van der Waals surface area (Å²) in [5, 5.41) is 3.14. The lowest BCUT2D eigenvalue weighted by Crippen LogP contribution is -2.44. The van der Waals surface area contributed by atoms with Crippen LogP contribution in [0, 0.1) is 12.3 Å². The normalized spacial score (nSPS) is 11.2. The number of ether oxygens (including phenoxy) is 1. The van der Waals surface area contributed by atoms with Crippen LogP contribution in [-0.2, 0) is 9.59 Å². The van der Waals surface area contributed by atoms with Gasteiger partial charge in [-0.1, -0.05) is 29.7 Å². The van der Waals surface area contributed by atoms with Crippen LogP contribution in [0.3, 0.4) is 0 Å². The second-order valence-electron chi connectivity index (χ2n) is 5.47. The van der Waals surface area contributed by atoms with Gasteiger partial charge in [0, 0.05) is 10.7 Å². The minimum atomic E-state index is -0.961. The van der Waals surface area contributed by atoms with Gasteiger partial charge in [0.2, 0.25) is 11.8 Å². The molecular weight excluding hydrogens is 387 g/mol. The lowest BCUT2D eigenvalue weighted by molar-refractivity contribution is -0.125. The molecule has 0 aliphatic carbocycles. The van der Waals surface area contributed by atoms with E-state index >= 15 is 0 Å². The maximum atomic E-state index is 12.9. The Morgan fingerprint density at radius 1 is 1.19 bits per heavy atom. The first-order valence-corrected chi connectivity index (χ1v) is 8.91. The Hall–Kier alpha value is -2.68. The molecule has 1 N–H and O–H groups in total. The molecule has 2 rings (SSSR count). The predicted octanol–water partition coefficient (Wildman–Crippen LogP) is 3.41. The summed E-state index contributed by atoms with van der Waals surface area (Å²) in [7, 11) is 1.54. The summed E-state index contributed by atoms with van der Waals surface area (Å²) in [6, 6.07) is 12.5. The molecule has 1 unspecified atom stereocenters. The highest BCUT2D eigenvalue weighted by Gasteiger charge is 2.32. The molecular formula is C20H18Cl2N2O3. The van der Waals surface area contributed by atoms with Crippen LogP contribution in [-0.4, -0.2) is 31.3 Å². The smallest absolute Gasteiger partial charge is 0.248 e. The molecule has 0 radical (unpaired) electrons. The third-order valence-corrected chi connectivity index (χ3v) is 4.27. The van der Waals surface area contributed by atoms with E-state index in [1.54, 1.807) is 55.6 Å². The molecule has 7 heteroatoms. The zero-order valence-corrected chi connectivity index (χ0v) is 16.1. The molecule has 0 aromatic heterocycles. The summed E-state index contributed by atoms with van der Waals surface area (Å²) < 4.78 is 5.16. The molecule has 0 spiro atoms. The first-order chi connectivity index (χ1) is 13.0. The second kappa shape index (κ2) is 9.86. The van der Waals surface area contributed by atoms with Gasteiger partial charge in [-0.3, -0.25) is 14.5 Å². The van der Waals surface area contributed by atoms with Crippen molar-refractivity contribution < 1.29 is 14.3 Å². The Morgan fingerprint density at radius 2 is 1.81 bits per heavy atom. The number of rotatable bonds is 7. The molecule has 0 heterocycles. The molecule has 0 bridgehead atoms. The van der Waals surface area contributed by atoms with Gasteiger partial charge in [-0.25, -0.2) is 0 Å². The summed E-state index contributed by atoms with van der Waals surface area (Å²) in [5.41, 5.74) is 1.07. The van der Waals surface area contributed by atoms with Gasteiger partial charge in [-0.05, 0) is 42.0 Å². The van der Waals surface area contributed by atoms with E-state index in [2.05, 4.69) is 11.2 Å². The van der Waals surface area contributed by atoms with Crippen molar-refractivity contribution in [3.05, 3.63) is 59.1 Å². The Kier molecular flexibility index (Phi) is 7.54. The number of nitrogens with zero attached hydrogens (tertiary/aromatic N) is 1. The van der Waals surface area contributed by atoms with E-state index in [1.165, 1.54) is 4.90 Å². The molecule has 27 heavy (non-hydrogen) atoms. The quantitative estimate of drug-likeness (QED) is 0.568. The molecule has 0 saturated heterocycles. The van der Waals surface area contributed by atoms with Crippen LogP contribution in [0.5, 0.6) is 5.75 Å². The maximum absolute atomic E-state index is 12.9. The zero-order valence-electron chi connectivity index (χ0n) is 14.6. The van der Waals surface area contributed by atoms with Gasteiger partial charge in [-0.2, -0.15) is 0 Å². The molecule has 0 fully saturated rings. The van der Waals surface area contributed by atoms with Gasteiger partial charge in [0.05, 0.1) is 13.7 Å². The molecule has 2 amide bonds. The van der Waals surface area contributed by atoms with Gasteiger partial charge < -0.3 is 10.1 Å². The van der Waals surface area contributed by atoms with Crippen LogP contribution < -0.4 is 15.0 Å². The zero-order chi connectivity index (χ0) is 19.8. The van der Waals surface area contributed by atoms with E-state index in [1.807, 2.05) is 0 Å². The first-order valence-electron chi connectivity index (χ1n) is 8.00. The number of amides is 2. The summed E-state index contributed by atoms with van der Waals surface area (Å²) in [6.07, 6.45) is 5.25. The number of carbonyl (C=O) groups excluding carboxylic acids is 2. The molecule has 5 nitrogen and oxygen atoms in total. The number of nitrogens with one attached hydrogen (secondary N) is 1. The van der Waals surface area contributed by atoms with Crippen molar-refractivity contribution in [3.63, 3.8) is 0 Å². The van der Waals surface area contributed by atoms with Crippen LogP contribution in [0.1, 0.15) is 11.6 Å². The van der Waals surface area contributed by atoms with Gasteiger partial charge in [0.25, 0.3) is 0 Å². The average Bonchev–Trinajstić information content (AvgIpc) is 2.70. The predicted molar refractivity (Wildman–Crippen MR) is 107 cm³/mol. The number of halogens is 2. The molecule has 2 aromatic rings. The van der Waals surface area contributed by atoms with E-state index in [0.717, 1.165) is 0 Å². The van der Waals surface area contributed by atoms with Crippen molar-refractivity contribution in [2.45, 2.75) is 6.04 Å². The summed E-state index contributed by atoms with van der Waals surface area (Å²) in [5.74, 6) is 1.83. The number of alkyl halides is 1. The van der Waals surface area contributed by atoms with E-state index in [0.29, 0.717) is 22.0 Å². The number of anilines is 1. The third-order valence-electron chi connectivity index (χ3n) is 3.79. The Labute approximate surface area is 168 Å². The summed E-state index contributed by atoms with van der Waals surface area (Å²) in [4.78, 5) is 26.8. The standard InChI is InChI=1S/C20H18Cl2N2O3/c1-3-12-23-20(26)19(14-4-10-17(27-2)11-5-14)24(18(25)13-21)16-8-6-15(22)7-9-16/h1,4-11,19H,12-13H2,2H3,(H,23,26). The Balaban J connectivity index is 2.54. The highest BCUT2D eigenvalue weighted by Crippen LogP contribution is 2.30. The number of hydrogen-bond donors (Lipinski definition) is 1. The highest BCUT2D eigenvalue weighted by atomic mass is 35.5. The minimum absolute atomic E-state index is 0.0367. The Bertz CT molecular complexity index is 830. The highest BCUT2D eigenvalue weighted by molar-refractivity contribution is 6.31. The van der Waals surface area contributed by atoms with Crippen molar-refractivity contribution in [1.29, 1.82) is 0 Å². The fraction of sp³-hybridized carbons (Fsp3) is 0.200. The molecule has 140 valence electrons.